The highest BCUT2D eigenvalue weighted by atomic mass is 16.7. The number of likely N-dealkylation sites (tertiary alicyclic amines) is 1. The number of amides is 1. The van der Waals surface area contributed by atoms with Crippen molar-refractivity contribution in [2.75, 3.05) is 37.9 Å². The van der Waals surface area contributed by atoms with Crippen molar-refractivity contribution < 1.29 is 19.2 Å². The third-order valence-corrected chi connectivity index (χ3v) is 7.11. The molecule has 5 rings (SSSR count). The highest BCUT2D eigenvalue weighted by Crippen LogP contribution is 2.46. The Labute approximate surface area is 193 Å². The first-order valence-corrected chi connectivity index (χ1v) is 11.5. The van der Waals surface area contributed by atoms with Crippen molar-refractivity contribution in [1.29, 1.82) is 0 Å². The number of anilines is 1. The van der Waals surface area contributed by atoms with Crippen LogP contribution in [0.25, 0.3) is 0 Å². The summed E-state index contributed by atoms with van der Waals surface area (Å²) in [5, 5.41) is 11.4. The molecule has 2 saturated heterocycles. The van der Waals surface area contributed by atoms with E-state index in [4.69, 9.17) is 9.47 Å². The smallest absolute Gasteiger partial charge is 0.293 e. The van der Waals surface area contributed by atoms with E-state index < -0.39 is 16.2 Å². The van der Waals surface area contributed by atoms with Gasteiger partial charge in [-0.1, -0.05) is 48.5 Å². The molecule has 1 spiro atoms. The molecule has 0 bridgehead atoms. The second kappa shape index (κ2) is 8.52. The highest BCUT2D eigenvalue weighted by molar-refractivity contribution is 6.06. The molecule has 174 valence electrons. The third-order valence-electron chi connectivity index (χ3n) is 7.11. The Hall–Kier alpha value is -2.81. The summed E-state index contributed by atoms with van der Waals surface area (Å²) < 4.78 is 11.7. The van der Waals surface area contributed by atoms with Gasteiger partial charge in [-0.05, 0) is 36.8 Å². The van der Waals surface area contributed by atoms with Crippen molar-refractivity contribution in [2.45, 2.75) is 37.5 Å². The normalized spacial score (nSPS) is 28.3. The van der Waals surface area contributed by atoms with Crippen LogP contribution >= 0.6 is 0 Å². The minimum absolute atomic E-state index is 0.182. The molecule has 2 aromatic carbocycles. The number of piperidine rings is 1. The van der Waals surface area contributed by atoms with E-state index in [1.807, 2.05) is 30.3 Å². The van der Waals surface area contributed by atoms with Crippen LogP contribution in [0.3, 0.4) is 0 Å². The fourth-order valence-electron chi connectivity index (χ4n) is 4.99. The Morgan fingerprint density at radius 1 is 1.03 bits per heavy atom. The van der Waals surface area contributed by atoms with Gasteiger partial charge in [-0.2, -0.15) is 0 Å². The van der Waals surface area contributed by atoms with Gasteiger partial charge in [0.05, 0.1) is 12.4 Å². The minimum Gasteiger partial charge on any atom is -0.331 e. The molecule has 8 heteroatoms. The lowest BCUT2D eigenvalue weighted by Gasteiger charge is -2.38. The number of rotatable bonds is 5. The summed E-state index contributed by atoms with van der Waals surface area (Å²) in [5.41, 5.74) is 1.38. The van der Waals surface area contributed by atoms with Crippen LogP contribution < -0.4 is 4.90 Å². The maximum Gasteiger partial charge on any atom is 0.293 e. The van der Waals surface area contributed by atoms with Crippen LogP contribution in [-0.4, -0.2) is 54.2 Å². The summed E-state index contributed by atoms with van der Waals surface area (Å²) in [6.07, 6.45) is 3.25. The number of nitro groups is 1. The predicted octanol–water partition coefficient (Wildman–Crippen LogP) is 3.18. The summed E-state index contributed by atoms with van der Waals surface area (Å²) in [6.45, 7) is 3.39. The van der Waals surface area contributed by atoms with Crippen LogP contribution in [0.15, 0.2) is 54.6 Å². The molecule has 8 nitrogen and oxygen atoms in total. The molecule has 3 heterocycles. The van der Waals surface area contributed by atoms with E-state index in [2.05, 4.69) is 29.2 Å². The lowest BCUT2D eigenvalue weighted by atomic mass is 9.90. The Bertz CT molecular complexity index is 1030. The van der Waals surface area contributed by atoms with E-state index >= 15 is 0 Å². The SMILES string of the molecule is CC1([N+](=O)[O-])COC2(OC1)C(=O)N(CN1CCC(Cc3ccccc3)CC1)c1ccccc12. The van der Waals surface area contributed by atoms with Crippen LogP contribution in [0, 0.1) is 16.0 Å². The predicted molar refractivity (Wildman–Crippen MR) is 122 cm³/mol. The van der Waals surface area contributed by atoms with Crippen LogP contribution in [-0.2, 0) is 26.5 Å². The van der Waals surface area contributed by atoms with Crippen LogP contribution in [0.4, 0.5) is 5.69 Å². The molecule has 0 saturated carbocycles. The maximum atomic E-state index is 13.6. The monoisotopic (exact) mass is 451 g/mol. The molecule has 2 aromatic rings. The zero-order valence-corrected chi connectivity index (χ0v) is 18.8. The van der Waals surface area contributed by atoms with Crippen molar-refractivity contribution in [3.05, 3.63) is 75.8 Å². The summed E-state index contributed by atoms with van der Waals surface area (Å²) in [7, 11) is 0. The van der Waals surface area contributed by atoms with Gasteiger partial charge in [0.15, 0.2) is 0 Å². The van der Waals surface area contributed by atoms with Crippen LogP contribution in [0.2, 0.25) is 0 Å². The molecule has 3 aliphatic rings. The molecule has 0 unspecified atom stereocenters. The number of ether oxygens (including phenoxy) is 2. The number of fused-ring (bicyclic) bond motifs is 2. The van der Waals surface area contributed by atoms with Crippen molar-refractivity contribution in [3.8, 4) is 0 Å². The number of hydrogen-bond acceptors (Lipinski definition) is 6. The second-order valence-corrected chi connectivity index (χ2v) is 9.59. The van der Waals surface area contributed by atoms with Gasteiger partial charge in [0.1, 0.15) is 13.2 Å². The molecule has 0 atom stereocenters. The number of carbonyl (C=O) groups excluding carboxylic acids is 1. The van der Waals surface area contributed by atoms with Gasteiger partial charge in [0.2, 0.25) is 0 Å². The topological polar surface area (TPSA) is 85.2 Å². The van der Waals surface area contributed by atoms with Gasteiger partial charge in [0, 0.05) is 30.5 Å². The fourth-order valence-corrected chi connectivity index (χ4v) is 4.99. The van der Waals surface area contributed by atoms with Gasteiger partial charge in [-0.3, -0.25) is 24.7 Å². The molecule has 0 aliphatic carbocycles. The first kappa shape index (κ1) is 22.0. The molecule has 0 aromatic heterocycles. The lowest BCUT2D eigenvalue weighted by molar-refractivity contribution is -0.590. The van der Waals surface area contributed by atoms with E-state index in [0.717, 1.165) is 38.0 Å². The molecule has 33 heavy (non-hydrogen) atoms. The minimum atomic E-state index is -1.60. The fraction of sp³-hybridized carbons (Fsp3) is 0.480. The second-order valence-electron chi connectivity index (χ2n) is 9.59. The first-order chi connectivity index (χ1) is 15.9. The lowest BCUT2D eigenvalue weighted by Crippen LogP contribution is -2.58. The summed E-state index contributed by atoms with van der Waals surface area (Å²) in [4.78, 5) is 28.6. The average Bonchev–Trinajstić information content (AvgIpc) is 3.06. The van der Waals surface area contributed by atoms with Gasteiger partial charge in [0.25, 0.3) is 17.2 Å². The Kier molecular flexibility index (Phi) is 5.68. The summed E-state index contributed by atoms with van der Waals surface area (Å²) in [5.74, 6) is -1.26. The van der Waals surface area contributed by atoms with Crippen LogP contribution in [0.1, 0.15) is 30.9 Å². The van der Waals surface area contributed by atoms with Gasteiger partial charge in [-0.25, -0.2) is 0 Å². The van der Waals surface area contributed by atoms with Crippen LogP contribution in [0.5, 0.6) is 0 Å². The van der Waals surface area contributed by atoms with E-state index in [9.17, 15) is 14.9 Å². The van der Waals surface area contributed by atoms with Crippen molar-refractivity contribution in [2.24, 2.45) is 5.92 Å². The van der Waals surface area contributed by atoms with Gasteiger partial charge >= 0.3 is 0 Å². The van der Waals surface area contributed by atoms with E-state index in [0.29, 0.717) is 18.2 Å². The van der Waals surface area contributed by atoms with E-state index in [1.165, 1.54) is 12.5 Å². The standard InChI is InChI=1S/C25H29N3O5/c1-24(28(30)31)16-32-25(33-17-24)21-9-5-6-10-22(21)27(23(25)29)18-26-13-11-20(12-14-26)15-19-7-3-2-4-8-19/h2-10,20H,11-18H2,1H3. The molecule has 2 fully saturated rings. The molecular weight excluding hydrogens is 422 g/mol. The highest BCUT2D eigenvalue weighted by Gasteiger charge is 2.60. The van der Waals surface area contributed by atoms with Crippen molar-refractivity contribution in [1.82, 2.24) is 4.90 Å². The largest absolute Gasteiger partial charge is 0.331 e. The Balaban J connectivity index is 1.27. The Morgan fingerprint density at radius 3 is 2.33 bits per heavy atom. The number of para-hydroxylation sites is 1. The zero-order valence-electron chi connectivity index (χ0n) is 18.8. The zero-order chi connectivity index (χ0) is 23.1. The first-order valence-electron chi connectivity index (χ1n) is 11.5. The summed E-state index contributed by atoms with van der Waals surface area (Å²) in [6, 6.07) is 18.0. The van der Waals surface area contributed by atoms with Crippen molar-refractivity contribution >= 4 is 11.6 Å². The number of nitrogens with zero attached hydrogens (tertiary/aromatic N) is 3. The van der Waals surface area contributed by atoms with E-state index in [1.54, 1.807) is 4.90 Å². The average molecular weight is 452 g/mol. The quantitative estimate of drug-likeness (QED) is 0.513. The molecule has 0 N–H and O–H groups in total. The molecule has 3 aliphatic heterocycles. The van der Waals surface area contributed by atoms with Crippen molar-refractivity contribution in [3.63, 3.8) is 0 Å². The van der Waals surface area contributed by atoms with Gasteiger partial charge in [-0.15, -0.1) is 0 Å². The number of carbonyl (C=O) groups is 1. The third kappa shape index (κ3) is 3.92. The van der Waals surface area contributed by atoms with Gasteiger partial charge < -0.3 is 9.47 Å². The molecule has 0 radical (unpaired) electrons. The summed E-state index contributed by atoms with van der Waals surface area (Å²) >= 11 is 0. The van der Waals surface area contributed by atoms with E-state index in [-0.39, 0.29) is 19.1 Å². The molecule has 1 amide bonds. The maximum absolute atomic E-state index is 13.6. The molecular formula is C25H29N3O5. The number of benzene rings is 2. The number of hydrogen-bond donors (Lipinski definition) is 0. The Morgan fingerprint density at radius 2 is 1.67 bits per heavy atom.